The van der Waals surface area contributed by atoms with Gasteiger partial charge in [-0.05, 0) is 37.7 Å². The van der Waals surface area contributed by atoms with Gasteiger partial charge in [0.25, 0.3) is 0 Å². The normalized spacial score (nSPS) is 12.5. The number of carbonyl (C=O) groups excluding carboxylic acids is 1. The molecule has 0 fully saturated rings. The Labute approximate surface area is 119 Å². The SMILES string of the molecule is CC(C)[C@@H](C(=O)NCc1ccc(C(=O)O)cc1)N(C)C. The highest BCUT2D eigenvalue weighted by Crippen LogP contribution is 2.09. The van der Waals surface area contributed by atoms with Crippen LogP contribution in [-0.2, 0) is 11.3 Å². The van der Waals surface area contributed by atoms with Crippen LogP contribution in [0.1, 0.15) is 29.8 Å². The molecule has 0 aromatic heterocycles. The van der Waals surface area contributed by atoms with Gasteiger partial charge in [-0.1, -0.05) is 26.0 Å². The monoisotopic (exact) mass is 278 g/mol. The number of carboxylic acids is 1. The lowest BCUT2D eigenvalue weighted by molar-refractivity contribution is -0.127. The van der Waals surface area contributed by atoms with Crippen LogP contribution in [0.5, 0.6) is 0 Å². The first-order valence-corrected chi connectivity index (χ1v) is 6.59. The Balaban J connectivity index is 2.62. The molecule has 0 spiro atoms. The van der Waals surface area contributed by atoms with E-state index in [9.17, 15) is 9.59 Å². The number of carboxylic acid groups (broad SMARTS) is 1. The number of hydrogen-bond acceptors (Lipinski definition) is 3. The number of carbonyl (C=O) groups is 2. The largest absolute Gasteiger partial charge is 0.478 e. The zero-order chi connectivity index (χ0) is 15.3. The second-order valence-electron chi connectivity index (χ2n) is 5.37. The van der Waals surface area contributed by atoms with E-state index < -0.39 is 5.97 Å². The van der Waals surface area contributed by atoms with Crippen LogP contribution in [0, 0.1) is 5.92 Å². The molecule has 20 heavy (non-hydrogen) atoms. The molecule has 0 heterocycles. The smallest absolute Gasteiger partial charge is 0.335 e. The van der Waals surface area contributed by atoms with Crippen LogP contribution in [-0.4, -0.2) is 42.0 Å². The van der Waals surface area contributed by atoms with E-state index in [1.165, 1.54) is 12.1 Å². The minimum absolute atomic E-state index is 0.0210. The van der Waals surface area contributed by atoms with E-state index in [0.717, 1.165) is 5.56 Å². The van der Waals surface area contributed by atoms with Crippen molar-refractivity contribution in [3.63, 3.8) is 0 Å². The Morgan fingerprint density at radius 3 is 2.15 bits per heavy atom. The van der Waals surface area contributed by atoms with E-state index in [0.29, 0.717) is 6.54 Å². The molecule has 0 saturated carbocycles. The van der Waals surface area contributed by atoms with Crippen molar-refractivity contribution < 1.29 is 14.7 Å². The quantitative estimate of drug-likeness (QED) is 0.829. The van der Waals surface area contributed by atoms with Gasteiger partial charge in [0.05, 0.1) is 11.6 Å². The fourth-order valence-electron chi connectivity index (χ4n) is 2.19. The highest BCUT2D eigenvalue weighted by atomic mass is 16.4. The Morgan fingerprint density at radius 2 is 1.75 bits per heavy atom. The summed E-state index contributed by atoms with van der Waals surface area (Å²) in [5, 5.41) is 11.7. The summed E-state index contributed by atoms with van der Waals surface area (Å²) in [5.74, 6) is -0.750. The van der Waals surface area contributed by atoms with E-state index >= 15 is 0 Å². The first-order valence-electron chi connectivity index (χ1n) is 6.59. The van der Waals surface area contributed by atoms with Crippen molar-refractivity contribution in [1.82, 2.24) is 10.2 Å². The van der Waals surface area contributed by atoms with Crippen LogP contribution in [0.25, 0.3) is 0 Å². The van der Waals surface area contributed by atoms with Crippen molar-refractivity contribution in [2.75, 3.05) is 14.1 Å². The fraction of sp³-hybridized carbons (Fsp3) is 0.467. The molecule has 5 nitrogen and oxygen atoms in total. The lowest BCUT2D eigenvalue weighted by Gasteiger charge is -2.26. The topological polar surface area (TPSA) is 69.6 Å². The van der Waals surface area contributed by atoms with Crippen LogP contribution in [0.4, 0.5) is 0 Å². The number of benzene rings is 1. The molecule has 1 aromatic rings. The van der Waals surface area contributed by atoms with Crippen molar-refractivity contribution in [2.24, 2.45) is 5.92 Å². The molecule has 5 heteroatoms. The minimum Gasteiger partial charge on any atom is -0.478 e. The zero-order valence-electron chi connectivity index (χ0n) is 12.4. The highest BCUT2D eigenvalue weighted by Gasteiger charge is 2.23. The average Bonchev–Trinajstić information content (AvgIpc) is 2.36. The Bertz CT molecular complexity index is 459. The van der Waals surface area contributed by atoms with Gasteiger partial charge in [0.2, 0.25) is 5.91 Å². The molecule has 1 rings (SSSR count). The molecular weight excluding hydrogens is 256 g/mol. The summed E-state index contributed by atoms with van der Waals surface area (Å²) >= 11 is 0. The molecular formula is C15H22N2O3. The minimum atomic E-state index is -0.951. The maximum Gasteiger partial charge on any atom is 0.335 e. The first kappa shape index (κ1) is 16.2. The van der Waals surface area contributed by atoms with Gasteiger partial charge in [0, 0.05) is 6.54 Å². The predicted octanol–water partition coefficient (Wildman–Crippen LogP) is 1.59. The third-order valence-corrected chi connectivity index (χ3v) is 3.12. The number of nitrogens with zero attached hydrogens (tertiary/aromatic N) is 1. The second kappa shape index (κ2) is 7.05. The molecule has 0 saturated heterocycles. The van der Waals surface area contributed by atoms with Gasteiger partial charge in [-0.15, -0.1) is 0 Å². The number of hydrogen-bond donors (Lipinski definition) is 2. The van der Waals surface area contributed by atoms with Gasteiger partial charge in [0.15, 0.2) is 0 Å². The molecule has 1 amide bonds. The van der Waals surface area contributed by atoms with E-state index in [-0.39, 0.29) is 23.4 Å². The third-order valence-electron chi connectivity index (χ3n) is 3.12. The van der Waals surface area contributed by atoms with Gasteiger partial charge in [-0.3, -0.25) is 9.69 Å². The molecule has 1 aromatic carbocycles. The zero-order valence-corrected chi connectivity index (χ0v) is 12.4. The molecule has 0 radical (unpaired) electrons. The Morgan fingerprint density at radius 1 is 1.20 bits per heavy atom. The van der Waals surface area contributed by atoms with Crippen LogP contribution in [0.3, 0.4) is 0 Å². The summed E-state index contributed by atoms with van der Waals surface area (Å²) in [6, 6.07) is 6.33. The lowest BCUT2D eigenvalue weighted by Crippen LogP contribution is -2.46. The van der Waals surface area contributed by atoms with Crippen molar-refractivity contribution in [3.05, 3.63) is 35.4 Å². The Hall–Kier alpha value is -1.88. The molecule has 2 N–H and O–H groups in total. The number of nitrogens with one attached hydrogen (secondary N) is 1. The number of rotatable bonds is 6. The maximum atomic E-state index is 12.1. The molecule has 1 atom stereocenters. The van der Waals surface area contributed by atoms with E-state index in [1.807, 2.05) is 32.8 Å². The van der Waals surface area contributed by atoms with Gasteiger partial charge in [-0.2, -0.15) is 0 Å². The molecule has 0 aliphatic carbocycles. The van der Waals surface area contributed by atoms with Crippen molar-refractivity contribution in [2.45, 2.75) is 26.4 Å². The second-order valence-corrected chi connectivity index (χ2v) is 5.37. The summed E-state index contributed by atoms with van der Waals surface area (Å²) in [7, 11) is 3.76. The summed E-state index contributed by atoms with van der Waals surface area (Å²) in [4.78, 5) is 24.8. The van der Waals surface area contributed by atoms with Gasteiger partial charge >= 0.3 is 5.97 Å². The van der Waals surface area contributed by atoms with E-state index in [1.54, 1.807) is 12.1 Å². The van der Waals surface area contributed by atoms with Crippen LogP contribution in [0.15, 0.2) is 24.3 Å². The van der Waals surface area contributed by atoms with Crippen LogP contribution >= 0.6 is 0 Å². The van der Waals surface area contributed by atoms with Crippen molar-refractivity contribution in [1.29, 1.82) is 0 Å². The van der Waals surface area contributed by atoms with Crippen molar-refractivity contribution in [3.8, 4) is 0 Å². The van der Waals surface area contributed by atoms with E-state index in [2.05, 4.69) is 5.32 Å². The number of amides is 1. The lowest BCUT2D eigenvalue weighted by atomic mass is 10.0. The van der Waals surface area contributed by atoms with Gasteiger partial charge in [-0.25, -0.2) is 4.79 Å². The summed E-state index contributed by atoms with van der Waals surface area (Å²) in [5.41, 5.74) is 1.12. The van der Waals surface area contributed by atoms with Gasteiger partial charge < -0.3 is 10.4 Å². The summed E-state index contributed by atoms with van der Waals surface area (Å²) in [6.45, 7) is 4.41. The predicted molar refractivity (Wildman–Crippen MR) is 77.6 cm³/mol. The average molecular weight is 278 g/mol. The molecule has 110 valence electrons. The van der Waals surface area contributed by atoms with Gasteiger partial charge in [0.1, 0.15) is 0 Å². The highest BCUT2D eigenvalue weighted by molar-refractivity contribution is 5.87. The first-order chi connectivity index (χ1) is 9.32. The Kier molecular flexibility index (Phi) is 5.70. The summed E-state index contributed by atoms with van der Waals surface area (Å²) in [6.07, 6.45) is 0. The van der Waals surface area contributed by atoms with Crippen molar-refractivity contribution >= 4 is 11.9 Å². The number of aromatic carboxylic acids is 1. The maximum absolute atomic E-state index is 12.1. The fourth-order valence-corrected chi connectivity index (χ4v) is 2.19. The molecule has 0 aliphatic rings. The molecule has 0 unspecified atom stereocenters. The van der Waals surface area contributed by atoms with Crippen LogP contribution < -0.4 is 5.32 Å². The number of likely N-dealkylation sites (N-methyl/N-ethyl adjacent to an activating group) is 1. The third kappa shape index (κ3) is 4.35. The molecule has 0 bridgehead atoms. The molecule has 0 aliphatic heterocycles. The van der Waals surface area contributed by atoms with Crippen LogP contribution in [0.2, 0.25) is 0 Å². The van der Waals surface area contributed by atoms with E-state index in [4.69, 9.17) is 5.11 Å². The summed E-state index contributed by atoms with van der Waals surface area (Å²) < 4.78 is 0. The standard InChI is InChI=1S/C15H22N2O3/c1-10(2)13(17(3)4)14(18)16-9-11-5-7-12(8-6-11)15(19)20/h5-8,10,13H,9H2,1-4H3,(H,16,18)(H,19,20)/t13-/m0/s1.